The lowest BCUT2D eigenvalue weighted by atomic mass is 9.97. The molecule has 9 nitrogen and oxygen atoms in total. The minimum absolute atomic E-state index is 0.0503. The molecule has 0 aliphatic heterocycles. The van der Waals surface area contributed by atoms with Crippen molar-refractivity contribution in [1.29, 1.82) is 0 Å². The predicted octanol–water partition coefficient (Wildman–Crippen LogP) is -1.54. The Balaban J connectivity index is 2.72. The Bertz CT molecular complexity index is 605. The van der Waals surface area contributed by atoms with E-state index in [0.717, 1.165) is 0 Å². The molecule has 130 valence electrons. The Kier molecular flexibility index (Phi) is 7.37. The van der Waals surface area contributed by atoms with Gasteiger partial charge in [0.15, 0.2) is 0 Å². The van der Waals surface area contributed by atoms with E-state index in [4.69, 9.17) is 10.9 Å². The number of carbonyl (C=O) groups is 4. The molecule has 0 saturated carbocycles. The van der Waals surface area contributed by atoms with Crippen LogP contribution in [0.4, 0.5) is 0 Å². The second-order valence-electron chi connectivity index (χ2n) is 5.13. The van der Waals surface area contributed by atoms with Gasteiger partial charge in [0.2, 0.25) is 17.7 Å². The van der Waals surface area contributed by atoms with E-state index in [1.807, 2.05) is 0 Å². The number of carbonyl (C=O) groups excluding carboxylic acids is 4. The first-order valence-electron chi connectivity index (χ1n) is 7.19. The lowest BCUT2D eigenvalue weighted by molar-refractivity contribution is -0.142. The second kappa shape index (κ2) is 9.26. The fourth-order valence-electron chi connectivity index (χ4n) is 1.94. The van der Waals surface area contributed by atoms with Crippen LogP contribution in [0, 0.1) is 5.92 Å². The minimum atomic E-state index is -1.22. The van der Waals surface area contributed by atoms with Crippen molar-refractivity contribution in [3.8, 4) is 0 Å². The monoisotopic (exact) mass is 336 g/mol. The van der Waals surface area contributed by atoms with Crippen molar-refractivity contribution in [1.82, 2.24) is 16.1 Å². The molecule has 0 spiro atoms. The van der Waals surface area contributed by atoms with Gasteiger partial charge in [0.25, 0.3) is 5.91 Å². The van der Waals surface area contributed by atoms with Gasteiger partial charge in [0.1, 0.15) is 12.0 Å². The summed E-state index contributed by atoms with van der Waals surface area (Å²) in [6, 6.07) is 7.77. The van der Waals surface area contributed by atoms with Crippen molar-refractivity contribution in [2.24, 2.45) is 11.7 Å². The third-order valence-corrected chi connectivity index (χ3v) is 3.21. The third kappa shape index (κ3) is 6.05. The van der Waals surface area contributed by atoms with Crippen LogP contribution in [0.25, 0.3) is 0 Å². The molecule has 0 aliphatic rings. The van der Waals surface area contributed by atoms with Crippen LogP contribution in [0.5, 0.6) is 0 Å². The van der Waals surface area contributed by atoms with Gasteiger partial charge in [-0.15, -0.1) is 0 Å². The average Bonchev–Trinajstić information content (AvgIpc) is 2.57. The standard InChI is InChI=1S/C15H20N4O5/c1-9(13(21)17-8-12(16)20)18-14(22)11(15(23)19-24)7-10-5-3-2-4-6-10/h2-6,9,11,24H,7-8H2,1H3,(H2,16,20)(H,17,21)(H,18,22)(H,19,23). The molecule has 1 aromatic rings. The Labute approximate surface area is 138 Å². The van der Waals surface area contributed by atoms with Crippen molar-refractivity contribution >= 4 is 23.6 Å². The highest BCUT2D eigenvalue weighted by molar-refractivity contribution is 6.01. The number of hydrogen-bond acceptors (Lipinski definition) is 5. The number of hydroxylamine groups is 1. The molecular formula is C15H20N4O5. The van der Waals surface area contributed by atoms with Crippen LogP contribution in [0.15, 0.2) is 30.3 Å². The van der Waals surface area contributed by atoms with Crippen LogP contribution < -0.4 is 21.8 Å². The zero-order valence-corrected chi connectivity index (χ0v) is 13.1. The first-order valence-corrected chi connectivity index (χ1v) is 7.19. The minimum Gasteiger partial charge on any atom is -0.368 e. The summed E-state index contributed by atoms with van der Waals surface area (Å²) in [5.74, 6) is -4.18. The fraction of sp³-hybridized carbons (Fsp3) is 0.333. The van der Waals surface area contributed by atoms with E-state index in [1.54, 1.807) is 30.3 Å². The van der Waals surface area contributed by atoms with E-state index in [9.17, 15) is 19.2 Å². The van der Waals surface area contributed by atoms with E-state index >= 15 is 0 Å². The van der Waals surface area contributed by atoms with Gasteiger partial charge in [-0.25, -0.2) is 5.48 Å². The Hall–Kier alpha value is -2.94. The fourth-order valence-corrected chi connectivity index (χ4v) is 1.94. The second-order valence-corrected chi connectivity index (χ2v) is 5.13. The molecule has 1 rings (SSSR count). The van der Waals surface area contributed by atoms with Gasteiger partial charge in [-0.3, -0.25) is 24.4 Å². The summed E-state index contributed by atoms with van der Waals surface area (Å²) in [5, 5.41) is 13.4. The molecule has 2 atom stereocenters. The molecule has 0 aliphatic carbocycles. The molecule has 0 bridgehead atoms. The van der Waals surface area contributed by atoms with Gasteiger partial charge in [0.05, 0.1) is 6.54 Å². The molecule has 24 heavy (non-hydrogen) atoms. The smallest absolute Gasteiger partial charge is 0.256 e. The van der Waals surface area contributed by atoms with Gasteiger partial charge in [0, 0.05) is 0 Å². The summed E-state index contributed by atoms with van der Waals surface area (Å²) >= 11 is 0. The van der Waals surface area contributed by atoms with E-state index in [1.165, 1.54) is 12.4 Å². The van der Waals surface area contributed by atoms with Crippen LogP contribution in [-0.2, 0) is 25.6 Å². The molecule has 9 heteroatoms. The first kappa shape index (κ1) is 19.1. The molecule has 2 unspecified atom stereocenters. The van der Waals surface area contributed by atoms with Crippen LogP contribution in [0.3, 0.4) is 0 Å². The summed E-state index contributed by atoms with van der Waals surface area (Å²) in [6.45, 7) is 1.04. The number of nitrogens with two attached hydrogens (primary N) is 1. The first-order chi connectivity index (χ1) is 11.3. The summed E-state index contributed by atoms with van der Waals surface area (Å²) in [4.78, 5) is 46.3. The van der Waals surface area contributed by atoms with Gasteiger partial charge < -0.3 is 16.4 Å². The van der Waals surface area contributed by atoms with Crippen LogP contribution in [0.1, 0.15) is 12.5 Å². The third-order valence-electron chi connectivity index (χ3n) is 3.21. The van der Waals surface area contributed by atoms with Gasteiger partial charge in [-0.2, -0.15) is 0 Å². The Morgan fingerprint density at radius 1 is 1.08 bits per heavy atom. The molecule has 6 N–H and O–H groups in total. The zero-order chi connectivity index (χ0) is 18.1. The summed E-state index contributed by atoms with van der Waals surface area (Å²) in [7, 11) is 0. The Morgan fingerprint density at radius 3 is 2.25 bits per heavy atom. The number of benzene rings is 1. The quantitative estimate of drug-likeness (QED) is 0.221. The lowest BCUT2D eigenvalue weighted by Gasteiger charge is -2.18. The van der Waals surface area contributed by atoms with Crippen molar-refractivity contribution in [3.63, 3.8) is 0 Å². The maximum absolute atomic E-state index is 12.2. The molecule has 1 aromatic carbocycles. The van der Waals surface area contributed by atoms with Gasteiger partial charge >= 0.3 is 0 Å². The number of hydrogen-bond donors (Lipinski definition) is 5. The highest BCUT2D eigenvalue weighted by atomic mass is 16.5. The zero-order valence-electron chi connectivity index (χ0n) is 13.1. The maximum Gasteiger partial charge on any atom is 0.256 e. The molecule has 0 fully saturated rings. The predicted molar refractivity (Wildman–Crippen MR) is 83.4 cm³/mol. The normalized spacial score (nSPS) is 12.6. The lowest BCUT2D eigenvalue weighted by Crippen LogP contribution is -2.50. The van der Waals surface area contributed by atoms with E-state index < -0.39 is 35.6 Å². The molecular weight excluding hydrogens is 316 g/mol. The van der Waals surface area contributed by atoms with Crippen molar-refractivity contribution < 1.29 is 24.4 Å². The average molecular weight is 336 g/mol. The van der Waals surface area contributed by atoms with Crippen LogP contribution >= 0.6 is 0 Å². The molecule has 0 heterocycles. The highest BCUT2D eigenvalue weighted by Crippen LogP contribution is 2.10. The topological polar surface area (TPSA) is 151 Å². The number of primary amides is 1. The molecule has 4 amide bonds. The van der Waals surface area contributed by atoms with Crippen LogP contribution in [-0.4, -0.2) is 41.4 Å². The van der Waals surface area contributed by atoms with Crippen molar-refractivity contribution in [2.75, 3.05) is 6.54 Å². The number of rotatable bonds is 8. The highest BCUT2D eigenvalue weighted by Gasteiger charge is 2.29. The van der Waals surface area contributed by atoms with Crippen molar-refractivity contribution in [2.45, 2.75) is 19.4 Å². The van der Waals surface area contributed by atoms with E-state index in [2.05, 4.69) is 10.6 Å². The summed E-state index contributed by atoms with van der Waals surface area (Å²) in [5.41, 5.74) is 7.07. The molecule has 0 saturated heterocycles. The molecule has 0 radical (unpaired) electrons. The summed E-state index contributed by atoms with van der Waals surface area (Å²) in [6.07, 6.45) is 0.0503. The van der Waals surface area contributed by atoms with Crippen molar-refractivity contribution in [3.05, 3.63) is 35.9 Å². The Morgan fingerprint density at radius 2 is 1.71 bits per heavy atom. The van der Waals surface area contributed by atoms with Gasteiger partial charge in [-0.05, 0) is 18.9 Å². The summed E-state index contributed by atoms with van der Waals surface area (Å²) < 4.78 is 0. The van der Waals surface area contributed by atoms with Crippen LogP contribution in [0.2, 0.25) is 0 Å². The largest absolute Gasteiger partial charge is 0.368 e. The SMILES string of the molecule is CC(NC(=O)C(Cc1ccccc1)C(=O)NO)C(=O)NCC(N)=O. The maximum atomic E-state index is 12.2. The van der Waals surface area contributed by atoms with E-state index in [-0.39, 0.29) is 13.0 Å². The molecule has 0 aromatic heterocycles. The number of nitrogens with one attached hydrogen (secondary N) is 3. The number of amides is 4. The van der Waals surface area contributed by atoms with Gasteiger partial charge in [-0.1, -0.05) is 30.3 Å². The van der Waals surface area contributed by atoms with E-state index in [0.29, 0.717) is 5.56 Å².